The molecule has 0 bridgehead atoms. The highest BCUT2D eigenvalue weighted by Crippen LogP contribution is 2.20. The molecule has 120 valence electrons. The number of halogens is 1. The van der Waals surface area contributed by atoms with E-state index in [0.717, 1.165) is 10.2 Å². The first kappa shape index (κ1) is 16.1. The van der Waals surface area contributed by atoms with Crippen LogP contribution >= 0.6 is 15.9 Å². The first-order chi connectivity index (χ1) is 11.6. The molecule has 3 aromatic rings. The monoisotopic (exact) mass is 382 g/mol. The van der Waals surface area contributed by atoms with Gasteiger partial charge in [-0.15, -0.1) is 0 Å². The predicted octanol–water partition coefficient (Wildman–Crippen LogP) is 4.26. The Bertz CT molecular complexity index is 837. The van der Waals surface area contributed by atoms with Gasteiger partial charge < -0.3 is 10.2 Å². The van der Waals surface area contributed by atoms with Crippen molar-refractivity contribution < 1.29 is 4.79 Å². The SMILES string of the molecule is CN(c1ccccc1)c1cnc(C(=O)Nc2cccc(Br)c2)cn1. The van der Waals surface area contributed by atoms with E-state index in [1.807, 2.05) is 66.5 Å². The summed E-state index contributed by atoms with van der Waals surface area (Å²) in [5.41, 5.74) is 1.96. The fourth-order valence-corrected chi connectivity index (χ4v) is 2.56. The molecule has 0 atom stereocenters. The lowest BCUT2D eigenvalue weighted by atomic mass is 10.3. The van der Waals surface area contributed by atoms with E-state index in [1.165, 1.54) is 6.20 Å². The van der Waals surface area contributed by atoms with Gasteiger partial charge in [0, 0.05) is 22.9 Å². The Balaban J connectivity index is 1.73. The Labute approximate surface area is 148 Å². The van der Waals surface area contributed by atoms with E-state index in [0.29, 0.717) is 11.5 Å². The Hall–Kier alpha value is -2.73. The molecule has 0 unspecified atom stereocenters. The molecule has 1 amide bonds. The molecule has 0 aliphatic carbocycles. The molecule has 1 heterocycles. The number of rotatable bonds is 4. The standard InChI is InChI=1S/C18H15BrN4O/c1-23(15-8-3-2-4-9-15)17-12-20-16(11-21-17)18(24)22-14-7-5-6-13(19)10-14/h2-12H,1H3,(H,22,24). The molecule has 1 aromatic heterocycles. The molecule has 24 heavy (non-hydrogen) atoms. The van der Waals surface area contributed by atoms with Crippen LogP contribution in [0.15, 0.2) is 71.5 Å². The molecule has 3 rings (SSSR count). The van der Waals surface area contributed by atoms with Crippen molar-refractivity contribution in [3.05, 3.63) is 77.2 Å². The van der Waals surface area contributed by atoms with Gasteiger partial charge >= 0.3 is 0 Å². The van der Waals surface area contributed by atoms with Crippen molar-refractivity contribution in [2.75, 3.05) is 17.3 Å². The number of aromatic nitrogens is 2. The summed E-state index contributed by atoms with van der Waals surface area (Å²) < 4.78 is 0.895. The molecule has 0 aliphatic rings. The van der Waals surface area contributed by atoms with Gasteiger partial charge in [0.05, 0.1) is 12.4 Å². The van der Waals surface area contributed by atoms with Crippen LogP contribution in [0.25, 0.3) is 0 Å². The van der Waals surface area contributed by atoms with Crippen LogP contribution in [0, 0.1) is 0 Å². The van der Waals surface area contributed by atoms with Gasteiger partial charge in [-0.1, -0.05) is 40.2 Å². The second kappa shape index (κ2) is 7.23. The van der Waals surface area contributed by atoms with E-state index in [4.69, 9.17) is 0 Å². The third-order valence-electron chi connectivity index (χ3n) is 3.44. The predicted molar refractivity (Wildman–Crippen MR) is 98.6 cm³/mol. The van der Waals surface area contributed by atoms with Gasteiger partial charge in [-0.25, -0.2) is 9.97 Å². The smallest absolute Gasteiger partial charge is 0.275 e. The number of hydrogen-bond acceptors (Lipinski definition) is 4. The zero-order valence-electron chi connectivity index (χ0n) is 13.0. The first-order valence-electron chi connectivity index (χ1n) is 7.31. The van der Waals surface area contributed by atoms with Crippen molar-refractivity contribution in [3.8, 4) is 0 Å². The molecule has 2 aromatic carbocycles. The fraction of sp³-hybridized carbons (Fsp3) is 0.0556. The quantitative estimate of drug-likeness (QED) is 0.732. The van der Waals surface area contributed by atoms with Gasteiger partial charge in [-0.05, 0) is 30.3 Å². The molecular formula is C18H15BrN4O. The molecule has 0 fully saturated rings. The number of para-hydroxylation sites is 1. The number of amides is 1. The van der Waals surface area contributed by atoms with Crippen molar-refractivity contribution in [3.63, 3.8) is 0 Å². The summed E-state index contributed by atoms with van der Waals surface area (Å²) in [6.45, 7) is 0. The van der Waals surface area contributed by atoms with E-state index in [1.54, 1.807) is 6.20 Å². The number of benzene rings is 2. The molecule has 0 saturated heterocycles. The number of nitrogens with zero attached hydrogens (tertiary/aromatic N) is 3. The van der Waals surface area contributed by atoms with Crippen LogP contribution in [0.4, 0.5) is 17.2 Å². The van der Waals surface area contributed by atoms with Crippen molar-refractivity contribution in [2.45, 2.75) is 0 Å². The molecule has 0 saturated carbocycles. The highest BCUT2D eigenvalue weighted by Gasteiger charge is 2.11. The Morgan fingerprint density at radius 1 is 1.04 bits per heavy atom. The maximum absolute atomic E-state index is 12.2. The van der Waals surface area contributed by atoms with Gasteiger partial charge in [-0.2, -0.15) is 0 Å². The highest BCUT2D eigenvalue weighted by molar-refractivity contribution is 9.10. The molecular weight excluding hydrogens is 368 g/mol. The summed E-state index contributed by atoms with van der Waals surface area (Å²) in [6, 6.07) is 17.2. The summed E-state index contributed by atoms with van der Waals surface area (Å²) in [5.74, 6) is 0.370. The van der Waals surface area contributed by atoms with Crippen molar-refractivity contribution in [1.82, 2.24) is 9.97 Å². The summed E-state index contributed by atoms with van der Waals surface area (Å²) in [6.07, 6.45) is 3.06. The van der Waals surface area contributed by atoms with Crippen molar-refractivity contribution >= 4 is 39.0 Å². The highest BCUT2D eigenvalue weighted by atomic mass is 79.9. The molecule has 5 nitrogen and oxygen atoms in total. The Kier molecular flexibility index (Phi) is 4.86. The number of hydrogen-bond donors (Lipinski definition) is 1. The lowest BCUT2D eigenvalue weighted by Gasteiger charge is -2.17. The van der Waals surface area contributed by atoms with E-state index in [-0.39, 0.29) is 11.6 Å². The van der Waals surface area contributed by atoms with Gasteiger partial charge in [0.1, 0.15) is 5.69 Å². The maximum Gasteiger partial charge on any atom is 0.275 e. The summed E-state index contributed by atoms with van der Waals surface area (Å²) >= 11 is 3.37. The largest absolute Gasteiger partial charge is 0.328 e. The fourth-order valence-electron chi connectivity index (χ4n) is 2.16. The van der Waals surface area contributed by atoms with Crippen LogP contribution in [0.2, 0.25) is 0 Å². The summed E-state index contributed by atoms with van der Waals surface area (Å²) in [5, 5.41) is 2.79. The number of carbonyl (C=O) groups excluding carboxylic acids is 1. The van der Waals surface area contributed by atoms with Crippen LogP contribution in [-0.4, -0.2) is 22.9 Å². The minimum Gasteiger partial charge on any atom is -0.328 e. The molecule has 0 aliphatic heterocycles. The lowest BCUT2D eigenvalue weighted by molar-refractivity contribution is 0.102. The van der Waals surface area contributed by atoms with Crippen LogP contribution in [-0.2, 0) is 0 Å². The minimum absolute atomic E-state index is 0.264. The van der Waals surface area contributed by atoms with E-state index >= 15 is 0 Å². The van der Waals surface area contributed by atoms with Crippen molar-refractivity contribution in [2.24, 2.45) is 0 Å². The zero-order chi connectivity index (χ0) is 16.9. The van der Waals surface area contributed by atoms with E-state index < -0.39 is 0 Å². The normalized spacial score (nSPS) is 10.2. The number of nitrogens with one attached hydrogen (secondary N) is 1. The lowest BCUT2D eigenvalue weighted by Crippen LogP contribution is -2.16. The average molecular weight is 383 g/mol. The van der Waals surface area contributed by atoms with E-state index in [2.05, 4.69) is 31.2 Å². The molecule has 1 N–H and O–H groups in total. The topological polar surface area (TPSA) is 58.1 Å². The summed E-state index contributed by atoms with van der Waals surface area (Å²) in [7, 11) is 1.90. The summed E-state index contributed by atoms with van der Waals surface area (Å²) in [4.78, 5) is 22.7. The average Bonchev–Trinajstić information content (AvgIpc) is 2.62. The van der Waals surface area contributed by atoms with E-state index in [9.17, 15) is 4.79 Å². The second-order valence-electron chi connectivity index (χ2n) is 5.12. The molecule has 0 spiro atoms. The molecule has 0 radical (unpaired) electrons. The number of anilines is 3. The van der Waals surface area contributed by atoms with Gasteiger partial charge in [-0.3, -0.25) is 4.79 Å². The van der Waals surface area contributed by atoms with Crippen LogP contribution in [0.3, 0.4) is 0 Å². The van der Waals surface area contributed by atoms with Gasteiger partial charge in [0.25, 0.3) is 5.91 Å². The Morgan fingerprint density at radius 2 is 1.83 bits per heavy atom. The van der Waals surface area contributed by atoms with Crippen LogP contribution in [0.5, 0.6) is 0 Å². The van der Waals surface area contributed by atoms with Crippen molar-refractivity contribution in [1.29, 1.82) is 0 Å². The van der Waals surface area contributed by atoms with Gasteiger partial charge in [0.2, 0.25) is 0 Å². The second-order valence-corrected chi connectivity index (χ2v) is 6.03. The maximum atomic E-state index is 12.2. The zero-order valence-corrected chi connectivity index (χ0v) is 14.6. The Morgan fingerprint density at radius 3 is 2.50 bits per heavy atom. The van der Waals surface area contributed by atoms with Crippen LogP contribution in [0.1, 0.15) is 10.5 Å². The van der Waals surface area contributed by atoms with Crippen LogP contribution < -0.4 is 10.2 Å². The third kappa shape index (κ3) is 3.78. The minimum atomic E-state index is -0.297. The first-order valence-corrected chi connectivity index (χ1v) is 8.10. The van der Waals surface area contributed by atoms with Gasteiger partial charge in [0.15, 0.2) is 5.82 Å². The molecule has 6 heteroatoms. The third-order valence-corrected chi connectivity index (χ3v) is 3.93. The number of carbonyl (C=O) groups is 1.